The van der Waals surface area contributed by atoms with Crippen LogP contribution in [0.25, 0.3) is 0 Å². The summed E-state index contributed by atoms with van der Waals surface area (Å²) in [6.07, 6.45) is 5.24. The molecular formula is C8H13N3O2. The Balaban J connectivity index is 2.18. The number of rotatable bonds is 5. The van der Waals surface area contributed by atoms with Gasteiger partial charge in [0.15, 0.2) is 0 Å². The van der Waals surface area contributed by atoms with Crippen molar-refractivity contribution in [1.82, 2.24) is 14.9 Å². The van der Waals surface area contributed by atoms with E-state index in [1.807, 2.05) is 10.8 Å². The summed E-state index contributed by atoms with van der Waals surface area (Å²) < 4.78 is 1.89. The van der Waals surface area contributed by atoms with E-state index in [-0.39, 0.29) is 0 Å². The van der Waals surface area contributed by atoms with Crippen molar-refractivity contribution in [3.05, 3.63) is 18.7 Å². The molecule has 0 radical (unpaired) electrons. The highest BCUT2D eigenvalue weighted by atomic mass is 16.4. The molecule has 0 aliphatic carbocycles. The van der Waals surface area contributed by atoms with Crippen molar-refractivity contribution in [3.63, 3.8) is 0 Å². The van der Waals surface area contributed by atoms with Gasteiger partial charge in [-0.25, -0.2) is 4.98 Å². The van der Waals surface area contributed by atoms with Gasteiger partial charge in [-0.05, 0) is 6.92 Å². The van der Waals surface area contributed by atoms with Crippen LogP contribution in [0.1, 0.15) is 6.92 Å². The van der Waals surface area contributed by atoms with Crippen LogP contribution in [0.4, 0.5) is 0 Å². The van der Waals surface area contributed by atoms with E-state index in [1.54, 1.807) is 19.4 Å². The van der Waals surface area contributed by atoms with E-state index in [2.05, 4.69) is 10.3 Å². The van der Waals surface area contributed by atoms with Crippen LogP contribution in [0.3, 0.4) is 0 Å². The van der Waals surface area contributed by atoms with E-state index in [9.17, 15) is 4.79 Å². The monoisotopic (exact) mass is 183 g/mol. The van der Waals surface area contributed by atoms with Crippen LogP contribution < -0.4 is 5.32 Å². The fourth-order valence-corrected chi connectivity index (χ4v) is 0.916. The first kappa shape index (κ1) is 9.73. The van der Waals surface area contributed by atoms with E-state index in [0.29, 0.717) is 6.54 Å². The second-order valence-corrected chi connectivity index (χ2v) is 2.81. The highest BCUT2D eigenvalue weighted by Crippen LogP contribution is 1.85. The number of aliphatic carboxylic acids is 1. The first-order valence-corrected chi connectivity index (χ1v) is 4.12. The van der Waals surface area contributed by atoms with E-state index in [0.717, 1.165) is 6.54 Å². The molecule has 1 rings (SSSR count). The number of hydrogen-bond donors (Lipinski definition) is 2. The minimum Gasteiger partial charge on any atom is -0.480 e. The van der Waals surface area contributed by atoms with Crippen LogP contribution in [0.2, 0.25) is 0 Å². The Kier molecular flexibility index (Phi) is 3.45. The summed E-state index contributed by atoms with van der Waals surface area (Å²) >= 11 is 0. The lowest BCUT2D eigenvalue weighted by molar-refractivity contribution is -0.138. The van der Waals surface area contributed by atoms with Gasteiger partial charge in [-0.3, -0.25) is 4.79 Å². The SMILES string of the molecule is C[C@@H](NCCn1ccnc1)C(=O)O. The summed E-state index contributed by atoms with van der Waals surface area (Å²) in [5.41, 5.74) is 0. The van der Waals surface area contributed by atoms with E-state index >= 15 is 0 Å². The average Bonchev–Trinajstić information content (AvgIpc) is 2.56. The van der Waals surface area contributed by atoms with E-state index < -0.39 is 12.0 Å². The molecule has 0 saturated heterocycles. The van der Waals surface area contributed by atoms with Crippen LogP contribution in [0.15, 0.2) is 18.7 Å². The number of nitrogens with zero attached hydrogens (tertiary/aromatic N) is 2. The summed E-state index contributed by atoms with van der Waals surface area (Å²) in [7, 11) is 0. The molecular weight excluding hydrogens is 170 g/mol. The van der Waals surface area contributed by atoms with Gasteiger partial charge in [-0.1, -0.05) is 0 Å². The van der Waals surface area contributed by atoms with Gasteiger partial charge < -0.3 is 15.0 Å². The molecule has 0 aliphatic heterocycles. The van der Waals surface area contributed by atoms with Crippen LogP contribution in [0, 0.1) is 0 Å². The molecule has 0 unspecified atom stereocenters. The number of nitrogens with one attached hydrogen (secondary N) is 1. The Morgan fingerprint density at radius 3 is 3.08 bits per heavy atom. The molecule has 5 nitrogen and oxygen atoms in total. The number of hydrogen-bond acceptors (Lipinski definition) is 3. The second-order valence-electron chi connectivity index (χ2n) is 2.81. The van der Waals surface area contributed by atoms with Gasteiger partial charge in [0, 0.05) is 25.5 Å². The third-order valence-corrected chi connectivity index (χ3v) is 1.75. The number of aromatic nitrogens is 2. The van der Waals surface area contributed by atoms with Crippen molar-refractivity contribution in [2.24, 2.45) is 0 Å². The van der Waals surface area contributed by atoms with Gasteiger partial charge in [-0.15, -0.1) is 0 Å². The predicted octanol–water partition coefficient (Wildman–Crippen LogP) is -0.0542. The van der Waals surface area contributed by atoms with Crippen LogP contribution >= 0.6 is 0 Å². The Morgan fingerprint density at radius 2 is 2.54 bits per heavy atom. The fourth-order valence-electron chi connectivity index (χ4n) is 0.916. The fraction of sp³-hybridized carbons (Fsp3) is 0.500. The van der Waals surface area contributed by atoms with E-state index in [4.69, 9.17) is 5.11 Å². The highest BCUT2D eigenvalue weighted by Gasteiger charge is 2.08. The first-order chi connectivity index (χ1) is 6.20. The summed E-state index contributed by atoms with van der Waals surface area (Å²) in [6, 6.07) is -0.497. The molecule has 13 heavy (non-hydrogen) atoms. The number of carboxylic acid groups (broad SMARTS) is 1. The van der Waals surface area contributed by atoms with Crippen LogP contribution in [-0.2, 0) is 11.3 Å². The van der Waals surface area contributed by atoms with Gasteiger partial charge in [0.1, 0.15) is 6.04 Å². The van der Waals surface area contributed by atoms with E-state index in [1.165, 1.54) is 0 Å². The highest BCUT2D eigenvalue weighted by molar-refractivity contribution is 5.72. The standard InChI is InChI=1S/C8H13N3O2/c1-7(8(12)13)10-3-5-11-4-2-9-6-11/h2,4,6-7,10H,3,5H2,1H3,(H,12,13)/t7-/m1/s1. The first-order valence-electron chi connectivity index (χ1n) is 4.12. The van der Waals surface area contributed by atoms with Gasteiger partial charge in [-0.2, -0.15) is 0 Å². The number of carboxylic acids is 1. The molecule has 1 heterocycles. The zero-order valence-corrected chi connectivity index (χ0v) is 7.47. The molecule has 0 fully saturated rings. The summed E-state index contributed by atoms with van der Waals surface area (Å²) in [5.74, 6) is -0.828. The maximum Gasteiger partial charge on any atom is 0.320 e. The van der Waals surface area contributed by atoms with Crippen molar-refractivity contribution in [3.8, 4) is 0 Å². The Morgan fingerprint density at radius 1 is 1.77 bits per heavy atom. The van der Waals surface area contributed by atoms with Crippen LogP contribution in [-0.4, -0.2) is 33.2 Å². The normalized spacial score (nSPS) is 12.7. The van der Waals surface area contributed by atoms with Crippen molar-refractivity contribution in [2.75, 3.05) is 6.54 Å². The van der Waals surface area contributed by atoms with Gasteiger partial charge in [0.2, 0.25) is 0 Å². The van der Waals surface area contributed by atoms with Crippen molar-refractivity contribution >= 4 is 5.97 Å². The summed E-state index contributed by atoms with van der Waals surface area (Å²) in [6.45, 7) is 2.98. The van der Waals surface area contributed by atoms with Crippen LogP contribution in [0.5, 0.6) is 0 Å². The Bertz CT molecular complexity index is 258. The minimum absolute atomic E-state index is 0.497. The summed E-state index contributed by atoms with van der Waals surface area (Å²) in [5, 5.41) is 11.4. The molecule has 2 N–H and O–H groups in total. The third-order valence-electron chi connectivity index (χ3n) is 1.75. The molecule has 1 aromatic heterocycles. The smallest absolute Gasteiger partial charge is 0.320 e. The number of carbonyl (C=O) groups is 1. The molecule has 0 bridgehead atoms. The minimum atomic E-state index is -0.828. The lowest BCUT2D eigenvalue weighted by Gasteiger charge is -2.08. The molecule has 0 saturated carbocycles. The molecule has 1 aromatic rings. The zero-order chi connectivity index (χ0) is 9.68. The molecule has 0 aliphatic rings. The van der Waals surface area contributed by atoms with Crippen molar-refractivity contribution in [1.29, 1.82) is 0 Å². The lowest BCUT2D eigenvalue weighted by Crippen LogP contribution is -2.35. The zero-order valence-electron chi connectivity index (χ0n) is 7.47. The van der Waals surface area contributed by atoms with Gasteiger partial charge in [0.25, 0.3) is 0 Å². The maximum atomic E-state index is 10.4. The van der Waals surface area contributed by atoms with Gasteiger partial charge >= 0.3 is 5.97 Å². The van der Waals surface area contributed by atoms with Gasteiger partial charge in [0.05, 0.1) is 6.33 Å². The molecule has 0 aromatic carbocycles. The number of imidazole rings is 1. The topological polar surface area (TPSA) is 67.2 Å². The third kappa shape index (κ3) is 3.25. The quantitative estimate of drug-likeness (QED) is 0.671. The molecule has 0 amide bonds. The lowest BCUT2D eigenvalue weighted by atomic mass is 10.3. The Labute approximate surface area is 76.4 Å². The average molecular weight is 183 g/mol. The second kappa shape index (κ2) is 4.61. The molecule has 1 atom stereocenters. The molecule has 72 valence electrons. The largest absolute Gasteiger partial charge is 0.480 e. The molecule has 0 spiro atoms. The predicted molar refractivity (Wildman–Crippen MR) is 47.3 cm³/mol. The Hall–Kier alpha value is -1.36. The maximum absolute atomic E-state index is 10.4. The van der Waals surface area contributed by atoms with Crippen molar-refractivity contribution < 1.29 is 9.90 Å². The summed E-state index contributed by atoms with van der Waals surface area (Å²) in [4.78, 5) is 14.3. The van der Waals surface area contributed by atoms with Crippen molar-refractivity contribution in [2.45, 2.75) is 19.5 Å². The molecule has 5 heteroatoms.